The molecule has 0 spiro atoms. The van der Waals surface area contributed by atoms with Crippen molar-refractivity contribution in [3.05, 3.63) is 46.4 Å². The van der Waals surface area contributed by atoms with Gasteiger partial charge in [-0.25, -0.2) is 0 Å². The van der Waals surface area contributed by atoms with Gasteiger partial charge in [-0.05, 0) is 54.9 Å². The van der Waals surface area contributed by atoms with Crippen LogP contribution in [-0.2, 0) is 6.54 Å². The van der Waals surface area contributed by atoms with Crippen molar-refractivity contribution in [2.24, 2.45) is 5.41 Å². The highest BCUT2D eigenvalue weighted by atomic mass is 32.1. The number of carbonyl (C=O) groups is 1. The van der Waals surface area contributed by atoms with E-state index in [1.165, 1.54) is 4.88 Å². The zero-order valence-electron chi connectivity index (χ0n) is 13.0. The number of nitrogens with one attached hydrogen (secondary N) is 2. The topological polar surface area (TPSA) is 46.1 Å². The molecule has 1 fully saturated rings. The van der Waals surface area contributed by atoms with Crippen molar-refractivity contribution in [2.45, 2.75) is 26.3 Å². The maximum absolute atomic E-state index is 12.5. The molecule has 0 unspecified atom stereocenters. The molecule has 0 atom stereocenters. The van der Waals surface area contributed by atoms with Crippen LogP contribution in [0.5, 0.6) is 0 Å². The van der Waals surface area contributed by atoms with Gasteiger partial charge in [0.2, 0.25) is 0 Å². The SMILES string of the molecule is CC1(CNC(=O)c2cccn2Cc2cccs2)CCNCC1. The summed E-state index contributed by atoms with van der Waals surface area (Å²) in [6, 6.07) is 7.98. The van der Waals surface area contributed by atoms with Crippen LogP contribution in [0.25, 0.3) is 0 Å². The minimum absolute atomic E-state index is 0.0290. The van der Waals surface area contributed by atoms with E-state index in [2.05, 4.69) is 29.0 Å². The molecule has 1 aliphatic heterocycles. The Morgan fingerprint density at radius 3 is 2.91 bits per heavy atom. The Hall–Kier alpha value is -1.59. The second-order valence-corrected chi connectivity index (χ2v) is 7.38. The van der Waals surface area contributed by atoms with E-state index in [9.17, 15) is 4.79 Å². The standard InChI is InChI=1S/C17H23N3OS/c1-17(6-8-18-9-7-17)13-19-16(21)15-5-2-10-20(15)12-14-4-3-11-22-14/h2-5,10-11,18H,6-9,12-13H2,1H3,(H,19,21). The van der Waals surface area contributed by atoms with Gasteiger partial charge in [-0.15, -0.1) is 11.3 Å². The predicted octanol–water partition coefficient (Wildman–Crippen LogP) is 2.72. The van der Waals surface area contributed by atoms with Gasteiger partial charge < -0.3 is 15.2 Å². The van der Waals surface area contributed by atoms with Crippen molar-refractivity contribution in [3.8, 4) is 0 Å². The molecule has 22 heavy (non-hydrogen) atoms. The van der Waals surface area contributed by atoms with E-state index in [-0.39, 0.29) is 11.3 Å². The molecule has 0 bridgehead atoms. The van der Waals surface area contributed by atoms with Crippen LogP contribution in [0.1, 0.15) is 35.1 Å². The lowest BCUT2D eigenvalue weighted by atomic mass is 9.81. The Morgan fingerprint density at radius 1 is 1.36 bits per heavy atom. The van der Waals surface area contributed by atoms with Gasteiger partial charge in [0.15, 0.2) is 0 Å². The predicted molar refractivity (Wildman–Crippen MR) is 90.4 cm³/mol. The van der Waals surface area contributed by atoms with Crippen molar-refractivity contribution in [1.82, 2.24) is 15.2 Å². The summed E-state index contributed by atoms with van der Waals surface area (Å²) < 4.78 is 2.02. The molecule has 2 aromatic heterocycles. The minimum atomic E-state index is 0.0290. The monoisotopic (exact) mass is 317 g/mol. The fourth-order valence-corrected chi connectivity index (χ4v) is 3.62. The van der Waals surface area contributed by atoms with Gasteiger partial charge in [-0.1, -0.05) is 13.0 Å². The molecule has 2 N–H and O–H groups in total. The molecule has 118 valence electrons. The lowest BCUT2D eigenvalue weighted by molar-refractivity contribution is 0.0913. The van der Waals surface area contributed by atoms with Crippen LogP contribution in [-0.4, -0.2) is 30.1 Å². The highest BCUT2D eigenvalue weighted by Gasteiger charge is 2.27. The smallest absolute Gasteiger partial charge is 0.267 e. The van der Waals surface area contributed by atoms with Crippen molar-refractivity contribution in [1.29, 1.82) is 0 Å². The first kappa shape index (κ1) is 15.3. The third-order valence-electron chi connectivity index (χ3n) is 4.45. The molecule has 3 heterocycles. The average Bonchev–Trinajstić information content (AvgIpc) is 3.18. The molecular weight excluding hydrogens is 294 g/mol. The lowest BCUT2D eigenvalue weighted by Crippen LogP contribution is -2.43. The van der Waals surface area contributed by atoms with Gasteiger partial charge in [-0.3, -0.25) is 4.79 Å². The van der Waals surface area contributed by atoms with Gasteiger partial charge in [-0.2, -0.15) is 0 Å². The van der Waals surface area contributed by atoms with Gasteiger partial charge in [0.05, 0.1) is 6.54 Å². The Kier molecular flexibility index (Phi) is 4.64. The molecule has 0 radical (unpaired) electrons. The van der Waals surface area contributed by atoms with Crippen molar-refractivity contribution >= 4 is 17.2 Å². The summed E-state index contributed by atoms with van der Waals surface area (Å²) in [5.41, 5.74) is 0.956. The van der Waals surface area contributed by atoms with Crippen molar-refractivity contribution in [2.75, 3.05) is 19.6 Å². The van der Waals surface area contributed by atoms with Crippen LogP contribution in [0.3, 0.4) is 0 Å². The minimum Gasteiger partial charge on any atom is -0.350 e. The largest absolute Gasteiger partial charge is 0.350 e. The molecule has 1 saturated heterocycles. The molecule has 2 aromatic rings. The van der Waals surface area contributed by atoms with E-state index in [0.29, 0.717) is 0 Å². The number of piperidine rings is 1. The second-order valence-electron chi connectivity index (χ2n) is 6.34. The maximum atomic E-state index is 12.5. The molecule has 0 aliphatic carbocycles. The Balaban J connectivity index is 1.61. The molecule has 5 heteroatoms. The van der Waals surface area contributed by atoms with E-state index in [1.807, 2.05) is 29.0 Å². The number of hydrogen-bond donors (Lipinski definition) is 2. The Morgan fingerprint density at radius 2 is 2.18 bits per heavy atom. The highest BCUT2D eigenvalue weighted by molar-refractivity contribution is 7.09. The summed E-state index contributed by atoms with van der Waals surface area (Å²) in [7, 11) is 0. The van der Waals surface area contributed by atoms with E-state index >= 15 is 0 Å². The lowest BCUT2D eigenvalue weighted by Gasteiger charge is -2.34. The molecule has 4 nitrogen and oxygen atoms in total. The quantitative estimate of drug-likeness (QED) is 0.891. The van der Waals surface area contributed by atoms with Crippen LogP contribution < -0.4 is 10.6 Å². The summed E-state index contributed by atoms with van der Waals surface area (Å²) in [5.74, 6) is 0.0290. The van der Waals surface area contributed by atoms with Crippen molar-refractivity contribution in [3.63, 3.8) is 0 Å². The van der Waals surface area contributed by atoms with E-state index < -0.39 is 0 Å². The van der Waals surface area contributed by atoms with E-state index in [4.69, 9.17) is 0 Å². The van der Waals surface area contributed by atoms with E-state index in [1.54, 1.807) is 11.3 Å². The highest BCUT2D eigenvalue weighted by Crippen LogP contribution is 2.26. The number of nitrogens with zero attached hydrogens (tertiary/aromatic N) is 1. The zero-order valence-corrected chi connectivity index (χ0v) is 13.8. The Bertz CT molecular complexity index is 612. The van der Waals surface area contributed by atoms with Gasteiger partial charge in [0.25, 0.3) is 5.91 Å². The summed E-state index contributed by atoms with van der Waals surface area (Å²) >= 11 is 1.72. The summed E-state index contributed by atoms with van der Waals surface area (Å²) in [6.45, 7) is 5.85. The fourth-order valence-electron chi connectivity index (χ4n) is 2.92. The fraction of sp³-hybridized carbons (Fsp3) is 0.471. The third-order valence-corrected chi connectivity index (χ3v) is 5.32. The van der Waals surface area contributed by atoms with Crippen LogP contribution in [0.4, 0.5) is 0 Å². The summed E-state index contributed by atoms with van der Waals surface area (Å²) in [5, 5.41) is 8.57. The second kappa shape index (κ2) is 6.67. The number of thiophene rings is 1. The number of amides is 1. The number of rotatable bonds is 5. The Labute approximate surface area is 135 Å². The number of hydrogen-bond acceptors (Lipinski definition) is 3. The molecule has 3 rings (SSSR count). The third kappa shape index (κ3) is 3.59. The molecule has 1 aliphatic rings. The first-order valence-electron chi connectivity index (χ1n) is 7.83. The number of aromatic nitrogens is 1. The van der Waals surface area contributed by atoms with Gasteiger partial charge in [0.1, 0.15) is 5.69 Å². The normalized spacial score (nSPS) is 17.3. The van der Waals surface area contributed by atoms with Crippen LogP contribution in [0.15, 0.2) is 35.8 Å². The molecule has 0 saturated carbocycles. The summed E-state index contributed by atoms with van der Waals surface area (Å²) in [4.78, 5) is 13.8. The summed E-state index contributed by atoms with van der Waals surface area (Å²) in [6.07, 6.45) is 4.20. The van der Waals surface area contributed by atoms with Crippen LogP contribution in [0.2, 0.25) is 0 Å². The molecule has 0 aromatic carbocycles. The van der Waals surface area contributed by atoms with Gasteiger partial charge in [0, 0.05) is 17.6 Å². The van der Waals surface area contributed by atoms with E-state index in [0.717, 1.165) is 44.7 Å². The first-order chi connectivity index (χ1) is 10.7. The first-order valence-corrected chi connectivity index (χ1v) is 8.71. The molecular formula is C17H23N3OS. The number of carbonyl (C=O) groups excluding carboxylic acids is 1. The van der Waals surface area contributed by atoms with Crippen LogP contribution >= 0.6 is 11.3 Å². The van der Waals surface area contributed by atoms with Crippen molar-refractivity contribution < 1.29 is 4.79 Å². The molecule has 1 amide bonds. The van der Waals surface area contributed by atoms with Gasteiger partial charge >= 0.3 is 0 Å². The maximum Gasteiger partial charge on any atom is 0.267 e. The average molecular weight is 317 g/mol. The zero-order chi connectivity index (χ0) is 15.4. The van der Waals surface area contributed by atoms with Crippen LogP contribution in [0, 0.1) is 5.41 Å².